The molecule has 0 aromatic rings. The number of thiocarbonyl (C=S) groups is 1. The molecule has 58 valence electrons. The van der Waals surface area contributed by atoms with Crippen molar-refractivity contribution >= 4 is 50.2 Å². The standard InChI is InChI=1S/C4H2NOS2Se.Au/c6-3-2(1-9)8-4(7)5-3;/h1H,(H,5,6,7);/b2-1-;. The molecule has 0 aromatic heterocycles. The first-order valence-corrected chi connectivity index (χ1v) is 4.30. The van der Waals surface area contributed by atoms with E-state index in [2.05, 4.69) is 21.3 Å². The van der Waals surface area contributed by atoms with Crippen molar-refractivity contribution in [1.29, 1.82) is 0 Å². The minimum Gasteiger partial charge on any atom is 0 e. The second kappa shape index (κ2) is 4.72. The van der Waals surface area contributed by atoms with Crippen LogP contribution in [-0.2, 0) is 27.2 Å². The summed E-state index contributed by atoms with van der Waals surface area (Å²) in [6.07, 6.45) is 0. The number of rotatable bonds is 0. The first-order valence-electron chi connectivity index (χ1n) is 2.09. The first-order chi connectivity index (χ1) is 4.24. The van der Waals surface area contributed by atoms with Crippen LogP contribution in [0.2, 0.25) is 0 Å². The van der Waals surface area contributed by atoms with Gasteiger partial charge in [-0.2, -0.15) is 0 Å². The number of thioether (sulfide) groups is 1. The van der Waals surface area contributed by atoms with E-state index in [1.54, 1.807) is 4.97 Å². The van der Waals surface area contributed by atoms with Gasteiger partial charge in [-0.15, -0.1) is 0 Å². The van der Waals surface area contributed by atoms with Crippen LogP contribution in [0.25, 0.3) is 0 Å². The van der Waals surface area contributed by atoms with Crippen LogP contribution in [0.3, 0.4) is 0 Å². The van der Waals surface area contributed by atoms with Gasteiger partial charge in [0.25, 0.3) is 0 Å². The van der Waals surface area contributed by atoms with Gasteiger partial charge in [0.05, 0.1) is 0 Å². The van der Waals surface area contributed by atoms with Crippen molar-refractivity contribution in [2.45, 2.75) is 0 Å². The predicted octanol–water partition coefficient (Wildman–Crippen LogP) is 0.142. The van der Waals surface area contributed by atoms with E-state index < -0.39 is 0 Å². The topological polar surface area (TPSA) is 29.1 Å². The Morgan fingerprint density at radius 1 is 1.70 bits per heavy atom. The summed E-state index contributed by atoms with van der Waals surface area (Å²) in [6, 6.07) is 0. The third-order valence-electron chi connectivity index (χ3n) is 0.749. The maximum absolute atomic E-state index is 10.7. The maximum Gasteiger partial charge on any atom is 0 e. The molecule has 1 aliphatic heterocycles. The van der Waals surface area contributed by atoms with Crippen molar-refractivity contribution in [3.05, 3.63) is 9.88 Å². The number of carbonyl (C=O) groups excluding carboxylic acids is 1. The van der Waals surface area contributed by atoms with Crippen LogP contribution in [-0.4, -0.2) is 26.2 Å². The van der Waals surface area contributed by atoms with Crippen LogP contribution in [0.4, 0.5) is 0 Å². The minimum atomic E-state index is -0.108. The van der Waals surface area contributed by atoms with Gasteiger partial charge >= 0.3 is 70.2 Å². The van der Waals surface area contributed by atoms with Crippen LogP contribution in [0.15, 0.2) is 9.88 Å². The Hall–Kier alpha value is 0.910. The maximum atomic E-state index is 10.7. The molecule has 6 heteroatoms. The molecule has 0 bridgehead atoms. The van der Waals surface area contributed by atoms with E-state index in [0.29, 0.717) is 9.23 Å². The van der Waals surface area contributed by atoms with Crippen molar-refractivity contribution in [2.24, 2.45) is 0 Å². The van der Waals surface area contributed by atoms with Crippen LogP contribution in [0.1, 0.15) is 0 Å². The van der Waals surface area contributed by atoms with Crippen molar-refractivity contribution in [2.75, 3.05) is 0 Å². The first kappa shape index (κ1) is 10.9. The number of hydrogen-bond acceptors (Lipinski definition) is 3. The molecule has 1 N–H and O–H groups in total. The molecular weight excluding hydrogens is 418 g/mol. The summed E-state index contributed by atoms with van der Waals surface area (Å²) in [5, 5.41) is 2.48. The molecule has 2 radical (unpaired) electrons. The van der Waals surface area contributed by atoms with Crippen LogP contribution >= 0.6 is 24.0 Å². The van der Waals surface area contributed by atoms with Gasteiger partial charge in [-0.1, -0.05) is 0 Å². The van der Waals surface area contributed by atoms with Gasteiger partial charge in [-0.25, -0.2) is 0 Å². The molecule has 1 heterocycles. The Kier molecular flexibility index (Phi) is 5.15. The van der Waals surface area contributed by atoms with Crippen molar-refractivity contribution < 1.29 is 27.2 Å². The molecular formula is C4H2AuNOS2Se. The fraction of sp³-hybridized carbons (Fsp3) is 0. The monoisotopic (exact) mass is 421 g/mol. The summed E-state index contributed by atoms with van der Waals surface area (Å²) in [4.78, 5) is 13.0. The van der Waals surface area contributed by atoms with E-state index in [4.69, 9.17) is 12.2 Å². The Morgan fingerprint density at radius 3 is 2.50 bits per heavy atom. The molecule has 0 saturated carbocycles. The molecule has 2 nitrogen and oxygen atoms in total. The third-order valence-corrected chi connectivity index (χ3v) is 2.74. The molecule has 1 saturated heterocycles. The SMILES string of the molecule is O=C1NC(=S)S/C1=C\[Se].[Au]. The summed E-state index contributed by atoms with van der Waals surface area (Å²) in [7, 11) is 0. The van der Waals surface area contributed by atoms with E-state index in [1.807, 2.05) is 0 Å². The smallest absolute Gasteiger partial charge is 0 e. The summed E-state index contributed by atoms with van der Waals surface area (Å²) in [5.74, 6) is -0.108. The fourth-order valence-corrected chi connectivity index (χ4v) is 1.83. The number of nitrogens with one attached hydrogen (secondary N) is 1. The van der Waals surface area contributed by atoms with Gasteiger partial charge in [-0.05, 0) is 0 Å². The van der Waals surface area contributed by atoms with Gasteiger partial charge in [-0.3, -0.25) is 0 Å². The van der Waals surface area contributed by atoms with Gasteiger partial charge in [0, 0.05) is 22.4 Å². The summed E-state index contributed by atoms with van der Waals surface area (Å²) >= 11 is 8.62. The molecule has 1 aliphatic rings. The van der Waals surface area contributed by atoms with Crippen molar-refractivity contribution in [1.82, 2.24) is 5.32 Å². The molecule has 0 spiro atoms. The normalized spacial score (nSPS) is 20.6. The fourth-order valence-electron chi connectivity index (χ4n) is 0.404. The van der Waals surface area contributed by atoms with Crippen molar-refractivity contribution in [3.63, 3.8) is 0 Å². The molecule has 1 rings (SSSR count). The van der Waals surface area contributed by atoms with Gasteiger partial charge in [0.2, 0.25) is 0 Å². The average molecular weight is 420 g/mol. The van der Waals surface area contributed by atoms with Crippen LogP contribution < -0.4 is 5.32 Å². The van der Waals surface area contributed by atoms with E-state index in [-0.39, 0.29) is 28.3 Å². The Bertz CT molecular complexity index is 205. The van der Waals surface area contributed by atoms with Crippen molar-refractivity contribution in [3.8, 4) is 0 Å². The summed E-state index contributed by atoms with van der Waals surface area (Å²) in [6.45, 7) is 0. The summed E-state index contributed by atoms with van der Waals surface area (Å²) in [5.41, 5.74) is 0. The molecule has 0 aliphatic carbocycles. The molecule has 0 aromatic carbocycles. The Morgan fingerprint density at radius 2 is 2.30 bits per heavy atom. The zero-order valence-electron chi connectivity index (χ0n) is 4.51. The quantitative estimate of drug-likeness (QED) is 0.344. The Labute approximate surface area is 91.9 Å². The molecule has 1 amide bonds. The average Bonchev–Trinajstić information content (AvgIpc) is 2.10. The molecule has 0 atom stereocenters. The van der Waals surface area contributed by atoms with Crippen LogP contribution in [0.5, 0.6) is 0 Å². The second-order valence-electron chi connectivity index (χ2n) is 1.33. The number of carbonyl (C=O) groups is 1. The number of amides is 1. The Balaban J connectivity index is 0.000000810. The van der Waals surface area contributed by atoms with E-state index in [9.17, 15) is 4.79 Å². The largest absolute Gasteiger partial charge is 0 e. The summed E-state index contributed by atoms with van der Waals surface area (Å²) < 4.78 is 0.529. The zero-order chi connectivity index (χ0) is 6.85. The van der Waals surface area contributed by atoms with E-state index >= 15 is 0 Å². The van der Waals surface area contributed by atoms with Gasteiger partial charge in [0.1, 0.15) is 0 Å². The van der Waals surface area contributed by atoms with Gasteiger partial charge in [0.15, 0.2) is 0 Å². The zero-order valence-corrected chi connectivity index (χ0v) is 10.0. The second-order valence-corrected chi connectivity index (χ2v) is 3.54. The van der Waals surface area contributed by atoms with E-state index in [1.165, 1.54) is 11.8 Å². The number of hydrogen-bond donors (Lipinski definition) is 1. The molecule has 1 fully saturated rings. The molecule has 0 unspecified atom stereocenters. The van der Waals surface area contributed by atoms with Crippen LogP contribution in [0, 0.1) is 0 Å². The van der Waals surface area contributed by atoms with Gasteiger partial charge < -0.3 is 0 Å². The van der Waals surface area contributed by atoms with E-state index in [0.717, 1.165) is 0 Å². The predicted molar refractivity (Wildman–Crippen MR) is 42.2 cm³/mol. The third kappa shape index (κ3) is 2.51. The minimum absolute atomic E-state index is 0. The molecule has 10 heavy (non-hydrogen) atoms.